The van der Waals surface area contributed by atoms with Gasteiger partial charge in [-0.15, -0.1) is 0 Å². The van der Waals surface area contributed by atoms with Crippen molar-refractivity contribution in [1.29, 1.82) is 0 Å². The average Bonchev–Trinajstić information content (AvgIpc) is 3.20. The quantitative estimate of drug-likeness (QED) is 0.233. The summed E-state index contributed by atoms with van der Waals surface area (Å²) >= 11 is -0.276. The molecule has 4 N–H and O–H groups in total. The minimum absolute atomic E-state index is 0.0804. The Kier molecular flexibility index (Phi) is 8.23. The lowest BCUT2D eigenvalue weighted by molar-refractivity contribution is -0.0329. The number of methoxy groups -OCH3 is 1. The van der Waals surface area contributed by atoms with Gasteiger partial charge in [0.25, 0.3) is 0 Å². The summed E-state index contributed by atoms with van der Waals surface area (Å²) in [6.07, 6.45) is 2.19. The zero-order chi connectivity index (χ0) is 27.4. The van der Waals surface area contributed by atoms with Crippen LogP contribution < -0.4 is 21.1 Å². The molecule has 0 unspecified atom stereocenters. The number of primary amides is 1. The molecular weight excluding hydrogens is 524 g/mol. The number of alkyl halides is 4. The normalized spacial score (nSPS) is 18.1. The van der Waals surface area contributed by atoms with E-state index in [4.69, 9.17) is 10.5 Å². The highest BCUT2D eigenvalue weighted by Crippen LogP contribution is 2.40. The van der Waals surface area contributed by atoms with Gasteiger partial charge in [-0.2, -0.15) is 13.2 Å². The van der Waals surface area contributed by atoms with Gasteiger partial charge in [0, 0.05) is 42.8 Å². The number of likely N-dealkylation sites (tertiary alicyclic amines) is 1. The van der Waals surface area contributed by atoms with Crippen molar-refractivity contribution in [2.24, 2.45) is 5.73 Å². The van der Waals surface area contributed by atoms with E-state index < -0.39 is 23.6 Å². The molecule has 3 aromatic rings. The number of halogens is 4. The maximum atomic E-state index is 14.6. The van der Waals surface area contributed by atoms with Gasteiger partial charge in [-0.05, 0) is 37.7 Å². The standard InChI is InChI=1S/C25H26F4N6O2S/c1-34-10-7-18(17(26)14-34)33-23-20-12-16(24(38-25(27,28)29)35(20)11-9-32-23)4-3-8-31-19-6-5-15(22(30)36)13-21(19)37-2/h5-6,9,11-13,17-18,31H,7-8,10,14H2,1-2H3,(H2,30,36)(H,32,33)/t17-,18+/m0/s1. The van der Waals surface area contributed by atoms with Gasteiger partial charge in [-0.1, -0.05) is 11.8 Å². The average molecular weight is 551 g/mol. The highest BCUT2D eigenvalue weighted by atomic mass is 32.2. The summed E-state index contributed by atoms with van der Waals surface area (Å²) in [6, 6.07) is 5.61. The van der Waals surface area contributed by atoms with Gasteiger partial charge in [0.1, 0.15) is 16.9 Å². The minimum Gasteiger partial charge on any atom is -0.495 e. The summed E-state index contributed by atoms with van der Waals surface area (Å²) in [5.74, 6) is 5.69. The molecule has 0 aliphatic carbocycles. The van der Waals surface area contributed by atoms with Crippen LogP contribution in [-0.2, 0) is 0 Å². The summed E-state index contributed by atoms with van der Waals surface area (Å²) in [5.41, 5.74) is 2.06. The van der Waals surface area contributed by atoms with E-state index in [2.05, 4.69) is 27.5 Å². The molecule has 202 valence electrons. The molecule has 3 heterocycles. The molecule has 1 aliphatic rings. The molecule has 0 spiro atoms. The smallest absolute Gasteiger partial charge is 0.447 e. The molecular formula is C25H26F4N6O2S. The first kappa shape index (κ1) is 27.4. The zero-order valence-corrected chi connectivity index (χ0v) is 21.4. The van der Waals surface area contributed by atoms with Crippen LogP contribution in [0.1, 0.15) is 22.3 Å². The molecule has 0 saturated carbocycles. The predicted molar refractivity (Wildman–Crippen MR) is 138 cm³/mol. The van der Waals surface area contributed by atoms with Crippen molar-refractivity contribution in [3.8, 4) is 17.6 Å². The van der Waals surface area contributed by atoms with E-state index in [0.717, 1.165) is 0 Å². The second-order valence-corrected chi connectivity index (χ2v) is 9.75. The van der Waals surface area contributed by atoms with Crippen molar-refractivity contribution in [3.63, 3.8) is 0 Å². The fraction of sp³-hybridized carbons (Fsp3) is 0.360. The highest BCUT2D eigenvalue weighted by Gasteiger charge is 2.33. The van der Waals surface area contributed by atoms with E-state index in [-0.39, 0.29) is 41.0 Å². The van der Waals surface area contributed by atoms with Crippen LogP contribution in [-0.4, -0.2) is 71.7 Å². The van der Waals surface area contributed by atoms with Crippen LogP contribution in [0.3, 0.4) is 0 Å². The van der Waals surface area contributed by atoms with Crippen molar-refractivity contribution >= 4 is 34.7 Å². The molecule has 0 bridgehead atoms. The number of ether oxygens (including phenoxy) is 1. The summed E-state index contributed by atoms with van der Waals surface area (Å²) in [7, 11) is 3.27. The molecule has 1 aliphatic heterocycles. The van der Waals surface area contributed by atoms with Gasteiger partial charge in [0.15, 0.2) is 5.82 Å². The maximum Gasteiger partial charge on any atom is 0.447 e. The predicted octanol–water partition coefficient (Wildman–Crippen LogP) is 3.97. The Morgan fingerprint density at radius 1 is 1.34 bits per heavy atom. The summed E-state index contributed by atoms with van der Waals surface area (Å²) in [4.78, 5) is 17.5. The Balaban J connectivity index is 1.60. The minimum atomic E-state index is -4.55. The highest BCUT2D eigenvalue weighted by molar-refractivity contribution is 8.00. The van der Waals surface area contributed by atoms with Crippen LogP contribution in [0.15, 0.2) is 41.7 Å². The summed E-state index contributed by atoms with van der Waals surface area (Å²) in [5, 5.41) is 5.98. The number of benzene rings is 1. The van der Waals surface area contributed by atoms with Crippen molar-refractivity contribution in [3.05, 3.63) is 47.8 Å². The van der Waals surface area contributed by atoms with E-state index >= 15 is 0 Å². The number of hydrogen-bond acceptors (Lipinski definition) is 7. The Morgan fingerprint density at radius 2 is 2.13 bits per heavy atom. The first-order valence-electron chi connectivity index (χ1n) is 11.6. The topological polar surface area (TPSA) is 96.9 Å². The number of nitrogens with two attached hydrogens (primary N) is 1. The van der Waals surface area contributed by atoms with Crippen molar-refractivity contribution in [1.82, 2.24) is 14.3 Å². The lowest BCUT2D eigenvalue weighted by Gasteiger charge is -2.33. The first-order chi connectivity index (χ1) is 18.1. The molecule has 1 aromatic carbocycles. The third-order valence-corrected chi connectivity index (χ3v) is 6.85. The van der Waals surface area contributed by atoms with Gasteiger partial charge in [-0.25, -0.2) is 9.37 Å². The molecule has 13 heteroatoms. The number of piperidine rings is 1. The number of amides is 1. The fourth-order valence-corrected chi connectivity index (χ4v) is 4.85. The number of fused-ring (bicyclic) bond motifs is 1. The fourth-order valence-electron chi connectivity index (χ4n) is 4.16. The molecule has 1 saturated heterocycles. The van der Waals surface area contributed by atoms with E-state index in [1.54, 1.807) is 6.07 Å². The van der Waals surface area contributed by atoms with Crippen molar-refractivity contribution in [2.75, 3.05) is 44.4 Å². The Morgan fingerprint density at radius 3 is 2.82 bits per heavy atom. The van der Waals surface area contributed by atoms with Crippen LogP contribution in [0.25, 0.3) is 5.52 Å². The van der Waals surface area contributed by atoms with Crippen LogP contribution in [0, 0.1) is 11.8 Å². The maximum absolute atomic E-state index is 14.6. The van der Waals surface area contributed by atoms with Gasteiger partial charge in [-0.3, -0.25) is 4.79 Å². The van der Waals surface area contributed by atoms with Crippen LogP contribution in [0.2, 0.25) is 0 Å². The number of aromatic nitrogens is 2. The number of nitrogens with zero attached hydrogens (tertiary/aromatic N) is 3. The van der Waals surface area contributed by atoms with Gasteiger partial charge >= 0.3 is 5.51 Å². The molecule has 0 radical (unpaired) electrons. The molecule has 1 fully saturated rings. The lowest BCUT2D eigenvalue weighted by atomic mass is 10.0. The third-order valence-electron chi connectivity index (χ3n) is 6.01. The first-order valence-corrected chi connectivity index (χ1v) is 12.4. The Labute approximate surface area is 220 Å². The monoisotopic (exact) mass is 550 g/mol. The van der Waals surface area contributed by atoms with Gasteiger partial charge < -0.3 is 30.4 Å². The van der Waals surface area contributed by atoms with Crippen molar-refractivity contribution < 1.29 is 27.1 Å². The molecule has 1 amide bonds. The van der Waals surface area contributed by atoms with Crippen molar-refractivity contribution in [2.45, 2.75) is 29.2 Å². The molecule has 2 atom stereocenters. The van der Waals surface area contributed by atoms with E-state index in [0.29, 0.717) is 35.7 Å². The van der Waals surface area contributed by atoms with Crippen LogP contribution in [0.4, 0.5) is 29.1 Å². The zero-order valence-electron chi connectivity index (χ0n) is 20.6. The van der Waals surface area contributed by atoms with Gasteiger partial charge in [0.05, 0.1) is 36.5 Å². The number of rotatable bonds is 7. The van der Waals surface area contributed by atoms with Gasteiger partial charge in [0.2, 0.25) is 5.91 Å². The largest absolute Gasteiger partial charge is 0.495 e. The van der Waals surface area contributed by atoms with E-state index in [1.165, 1.54) is 42.1 Å². The third kappa shape index (κ3) is 6.43. The summed E-state index contributed by atoms with van der Waals surface area (Å²) in [6.45, 7) is 1.03. The number of carbonyl (C=O) groups excluding carboxylic acids is 1. The van der Waals surface area contributed by atoms with Crippen LogP contribution in [0.5, 0.6) is 5.75 Å². The second kappa shape index (κ2) is 11.4. The lowest BCUT2D eigenvalue weighted by Crippen LogP contribution is -2.46. The SMILES string of the molecule is COc1cc(C(N)=O)ccc1NCC#Cc1cc2c(N[C@@H]3CCN(C)C[C@@H]3F)nccn2c1SC(F)(F)F. The molecule has 2 aromatic heterocycles. The second-order valence-electron chi connectivity index (χ2n) is 8.69. The van der Waals surface area contributed by atoms with E-state index in [1.807, 2.05) is 11.9 Å². The number of carbonyl (C=O) groups is 1. The molecule has 4 rings (SSSR count). The molecule has 38 heavy (non-hydrogen) atoms. The number of thioether (sulfide) groups is 1. The summed E-state index contributed by atoms with van der Waals surface area (Å²) < 4.78 is 61.5. The van der Waals surface area contributed by atoms with Crippen LogP contribution >= 0.6 is 11.8 Å². The molecule has 8 nitrogen and oxygen atoms in total. The number of nitrogens with one attached hydrogen (secondary N) is 2. The van der Waals surface area contributed by atoms with E-state index in [9.17, 15) is 22.4 Å². The Hall–Kier alpha value is -3.63. The number of hydrogen-bond donors (Lipinski definition) is 3. The number of anilines is 2. The Bertz CT molecular complexity index is 1380.